The normalized spacial score (nSPS) is 12.6. The van der Waals surface area contributed by atoms with E-state index in [-0.39, 0.29) is 5.16 Å². The third-order valence-electron chi connectivity index (χ3n) is 4.30. The zero-order chi connectivity index (χ0) is 20.5. The zero-order valence-corrected chi connectivity index (χ0v) is 18.3. The van der Waals surface area contributed by atoms with Gasteiger partial charge < -0.3 is 15.0 Å². The van der Waals surface area contributed by atoms with Crippen LogP contribution in [0.15, 0.2) is 35.9 Å². The molecule has 0 radical (unpaired) electrons. The van der Waals surface area contributed by atoms with E-state index in [4.69, 9.17) is 10.5 Å². The zero-order valence-electron chi connectivity index (χ0n) is 16.5. The number of ether oxygens (including phenoxy) is 1. The molecular weight excluding hydrogens is 394 g/mol. The molecule has 28 heavy (non-hydrogen) atoms. The van der Waals surface area contributed by atoms with Crippen LogP contribution in [0.3, 0.4) is 0 Å². The van der Waals surface area contributed by atoms with Crippen molar-refractivity contribution in [3.63, 3.8) is 0 Å². The molecule has 0 amide bonds. The van der Waals surface area contributed by atoms with E-state index in [0.29, 0.717) is 29.3 Å². The van der Waals surface area contributed by atoms with Crippen molar-refractivity contribution in [2.45, 2.75) is 37.6 Å². The van der Waals surface area contributed by atoms with E-state index in [1.807, 2.05) is 16.8 Å². The summed E-state index contributed by atoms with van der Waals surface area (Å²) in [7, 11) is -4.64. The van der Waals surface area contributed by atoms with Crippen LogP contribution in [0.1, 0.15) is 0 Å². The van der Waals surface area contributed by atoms with E-state index in [1.165, 1.54) is 6.20 Å². The van der Waals surface area contributed by atoms with Gasteiger partial charge in [-0.25, -0.2) is 23.4 Å². The smallest absolute Gasteiger partial charge is 0.247 e. The maximum absolute atomic E-state index is 11.7. The van der Waals surface area contributed by atoms with Crippen LogP contribution in [-0.2, 0) is 21.3 Å². The maximum atomic E-state index is 11.7. The highest BCUT2D eigenvalue weighted by molar-refractivity contribution is 7.90. The number of aromatic nitrogens is 4. The molecule has 3 rings (SSSR count). The molecule has 3 aromatic rings. The third kappa shape index (κ3) is 4.57. The largest absolute Gasteiger partial charge is 0.398 e. The minimum absolute atomic E-state index is 0.238. The summed E-state index contributed by atoms with van der Waals surface area (Å²) in [5, 5.41) is 0.531. The molecule has 0 aliphatic carbocycles. The van der Waals surface area contributed by atoms with Gasteiger partial charge >= 0.3 is 0 Å². The molecule has 3 aromatic heterocycles. The van der Waals surface area contributed by atoms with E-state index in [0.717, 1.165) is 24.3 Å². The number of anilines is 1. The van der Waals surface area contributed by atoms with E-state index in [1.54, 1.807) is 12.3 Å². The highest BCUT2D eigenvalue weighted by atomic mass is 32.2. The summed E-state index contributed by atoms with van der Waals surface area (Å²) in [5.74, 6) is 0. The molecular formula is C18H25N5O3SSi. The Morgan fingerprint density at radius 2 is 1.96 bits per heavy atom. The second kappa shape index (κ2) is 7.61. The van der Waals surface area contributed by atoms with Crippen molar-refractivity contribution in [1.29, 1.82) is 0 Å². The predicted octanol–water partition coefficient (Wildman–Crippen LogP) is 2.79. The lowest BCUT2D eigenvalue weighted by atomic mass is 10.1. The molecule has 0 aliphatic heterocycles. The standard InChI is InChI=1S/C18H25N5O3SSi/c1-27(24,25)18-20-7-5-15(22-18)14-11-21-17-13(16(14)19)6-8-23(17)12-26-9-10-28(2,3)4/h5-8,11H,9-10,12H2,1-4H3,(H2,19,21). The van der Waals surface area contributed by atoms with E-state index in [9.17, 15) is 8.42 Å². The fraction of sp³-hybridized carbons (Fsp3) is 0.389. The molecule has 0 aromatic carbocycles. The number of rotatable bonds is 7. The molecule has 0 fully saturated rings. The quantitative estimate of drug-likeness (QED) is 0.356. The second-order valence-electron chi connectivity index (χ2n) is 7.95. The third-order valence-corrected chi connectivity index (χ3v) is 6.86. The lowest BCUT2D eigenvalue weighted by Crippen LogP contribution is -2.22. The molecule has 0 saturated heterocycles. The Morgan fingerprint density at radius 3 is 2.64 bits per heavy atom. The highest BCUT2D eigenvalue weighted by Crippen LogP contribution is 2.30. The number of sulfone groups is 1. The summed E-state index contributed by atoms with van der Waals surface area (Å²) >= 11 is 0. The van der Waals surface area contributed by atoms with Crippen molar-refractivity contribution in [3.8, 4) is 11.3 Å². The average Bonchev–Trinajstić information content (AvgIpc) is 3.02. The summed E-state index contributed by atoms with van der Waals surface area (Å²) in [5.41, 5.74) is 8.53. The van der Waals surface area contributed by atoms with Gasteiger partial charge in [0.25, 0.3) is 0 Å². The van der Waals surface area contributed by atoms with Crippen LogP contribution in [0.2, 0.25) is 25.7 Å². The minimum Gasteiger partial charge on any atom is -0.398 e. The van der Waals surface area contributed by atoms with Gasteiger partial charge in [-0.3, -0.25) is 0 Å². The second-order valence-corrected chi connectivity index (χ2v) is 15.5. The molecule has 0 spiro atoms. The summed E-state index contributed by atoms with van der Waals surface area (Å²) in [6.07, 6.45) is 5.96. The van der Waals surface area contributed by atoms with Crippen molar-refractivity contribution < 1.29 is 13.2 Å². The first-order valence-electron chi connectivity index (χ1n) is 8.91. The van der Waals surface area contributed by atoms with Crippen LogP contribution in [0.25, 0.3) is 22.3 Å². The molecule has 0 atom stereocenters. The Balaban J connectivity index is 1.87. The van der Waals surface area contributed by atoms with E-state index < -0.39 is 17.9 Å². The number of nitrogens with zero attached hydrogens (tertiary/aromatic N) is 4. The summed E-state index contributed by atoms with van der Waals surface area (Å²) < 4.78 is 31.1. The Morgan fingerprint density at radius 1 is 1.21 bits per heavy atom. The number of pyridine rings is 1. The van der Waals surface area contributed by atoms with Gasteiger partial charge in [0.05, 0.1) is 11.4 Å². The van der Waals surface area contributed by atoms with Gasteiger partial charge in [-0.1, -0.05) is 19.6 Å². The average molecular weight is 420 g/mol. The van der Waals surface area contributed by atoms with Gasteiger partial charge in [0.15, 0.2) is 0 Å². The fourth-order valence-electron chi connectivity index (χ4n) is 2.68. The number of hydrogen-bond donors (Lipinski definition) is 1. The first-order chi connectivity index (χ1) is 13.1. The van der Waals surface area contributed by atoms with Gasteiger partial charge in [-0.2, -0.15) is 0 Å². The van der Waals surface area contributed by atoms with Gasteiger partial charge in [0, 0.05) is 50.5 Å². The molecule has 0 unspecified atom stereocenters. The molecule has 10 heteroatoms. The van der Waals surface area contributed by atoms with Crippen molar-refractivity contribution in [1.82, 2.24) is 19.5 Å². The first-order valence-corrected chi connectivity index (χ1v) is 14.5. The van der Waals surface area contributed by atoms with Crippen molar-refractivity contribution in [2.75, 3.05) is 18.6 Å². The van der Waals surface area contributed by atoms with E-state index >= 15 is 0 Å². The molecule has 0 saturated carbocycles. The lowest BCUT2D eigenvalue weighted by molar-refractivity contribution is 0.0899. The van der Waals surface area contributed by atoms with Crippen LogP contribution in [0.4, 0.5) is 5.69 Å². The predicted molar refractivity (Wildman–Crippen MR) is 112 cm³/mol. The van der Waals surface area contributed by atoms with Crippen LogP contribution in [0.5, 0.6) is 0 Å². The molecule has 150 valence electrons. The monoisotopic (exact) mass is 419 g/mol. The Kier molecular flexibility index (Phi) is 5.55. The molecule has 2 N–H and O–H groups in total. The van der Waals surface area contributed by atoms with Gasteiger partial charge in [0.2, 0.25) is 15.0 Å². The summed E-state index contributed by atoms with van der Waals surface area (Å²) in [6.45, 7) is 8.07. The number of fused-ring (bicyclic) bond motifs is 1. The van der Waals surface area contributed by atoms with Gasteiger partial charge in [0.1, 0.15) is 12.4 Å². The Hall–Kier alpha value is -2.30. The number of hydrogen-bond acceptors (Lipinski definition) is 7. The Labute approximate surface area is 165 Å². The van der Waals surface area contributed by atoms with Crippen LogP contribution >= 0.6 is 0 Å². The highest BCUT2D eigenvalue weighted by Gasteiger charge is 2.16. The van der Waals surface area contributed by atoms with Crippen LogP contribution < -0.4 is 5.73 Å². The molecule has 8 nitrogen and oxygen atoms in total. The number of nitrogens with two attached hydrogens (primary N) is 1. The van der Waals surface area contributed by atoms with Crippen molar-refractivity contribution in [3.05, 3.63) is 30.7 Å². The van der Waals surface area contributed by atoms with Gasteiger partial charge in [-0.05, 0) is 18.2 Å². The van der Waals surface area contributed by atoms with E-state index in [2.05, 4.69) is 34.6 Å². The first kappa shape index (κ1) is 20.4. The summed E-state index contributed by atoms with van der Waals surface area (Å²) in [4.78, 5) is 12.4. The molecule has 0 aliphatic rings. The lowest BCUT2D eigenvalue weighted by Gasteiger charge is -2.15. The maximum Gasteiger partial charge on any atom is 0.247 e. The van der Waals surface area contributed by atoms with Crippen molar-refractivity contribution in [2.24, 2.45) is 0 Å². The van der Waals surface area contributed by atoms with Crippen molar-refractivity contribution >= 4 is 34.6 Å². The van der Waals surface area contributed by atoms with Crippen LogP contribution in [0, 0.1) is 0 Å². The minimum atomic E-state index is -3.51. The van der Waals surface area contributed by atoms with Crippen LogP contribution in [-0.4, -0.2) is 48.9 Å². The molecule has 0 bridgehead atoms. The SMILES string of the molecule is C[Si](C)(C)CCOCn1ccc2c(N)c(-c3ccnc(S(C)(=O)=O)n3)cnc21. The Bertz CT molecular complexity index is 1110. The van der Waals surface area contributed by atoms with Gasteiger partial charge in [-0.15, -0.1) is 0 Å². The fourth-order valence-corrected chi connectivity index (χ4v) is 3.95. The topological polar surface area (TPSA) is 113 Å². The summed E-state index contributed by atoms with van der Waals surface area (Å²) in [6, 6.07) is 4.59. The molecule has 3 heterocycles. The number of nitrogen functional groups attached to an aromatic ring is 1.